The summed E-state index contributed by atoms with van der Waals surface area (Å²) in [6, 6.07) is 3.45. The predicted molar refractivity (Wildman–Crippen MR) is 146 cm³/mol. The Morgan fingerprint density at radius 1 is 1.16 bits per heavy atom. The number of rotatable bonds is 14. The maximum atomic E-state index is 13.4. The number of Topliss-reactive ketones (excluding diaryl/α,β-unsaturated/α-hetero) is 1. The fourth-order valence-electron chi connectivity index (χ4n) is 5.71. The Labute approximate surface area is 226 Å². The van der Waals surface area contributed by atoms with E-state index in [9.17, 15) is 9.59 Å². The second-order valence-corrected chi connectivity index (χ2v) is 10.7. The average Bonchev–Trinajstić information content (AvgIpc) is 3.42. The van der Waals surface area contributed by atoms with Crippen molar-refractivity contribution in [1.82, 2.24) is 25.2 Å². The van der Waals surface area contributed by atoms with Gasteiger partial charge in [0.25, 0.3) is 0 Å². The quantitative estimate of drug-likeness (QED) is 0.344. The Morgan fingerprint density at radius 3 is 2.63 bits per heavy atom. The van der Waals surface area contributed by atoms with Crippen molar-refractivity contribution < 1.29 is 19.1 Å². The molecule has 4 rings (SSSR count). The summed E-state index contributed by atoms with van der Waals surface area (Å²) in [6.45, 7) is 7.35. The third-order valence-electron chi connectivity index (χ3n) is 8.42. The molecule has 0 unspecified atom stereocenters. The van der Waals surface area contributed by atoms with Gasteiger partial charge in [0.05, 0.1) is 37.7 Å². The smallest absolute Gasteiger partial charge is 0.225 e. The molecule has 2 fully saturated rings. The van der Waals surface area contributed by atoms with Gasteiger partial charge in [0.15, 0.2) is 0 Å². The van der Waals surface area contributed by atoms with Crippen LogP contribution in [0.4, 0.5) is 0 Å². The molecule has 2 aromatic rings. The summed E-state index contributed by atoms with van der Waals surface area (Å²) in [5.41, 5.74) is 1.73. The zero-order valence-corrected chi connectivity index (χ0v) is 23.3. The van der Waals surface area contributed by atoms with Gasteiger partial charge in [-0.25, -0.2) is 4.98 Å². The Bertz CT molecular complexity index is 1090. The van der Waals surface area contributed by atoms with Crippen LogP contribution in [0.2, 0.25) is 0 Å². The maximum Gasteiger partial charge on any atom is 0.225 e. The number of carbonyl (C=O) groups excluding carboxylic acids is 2. The second kappa shape index (κ2) is 12.7. The lowest BCUT2D eigenvalue weighted by atomic mass is 9.90. The van der Waals surface area contributed by atoms with Gasteiger partial charge in [-0.3, -0.25) is 9.59 Å². The number of H-pyrrole nitrogens is 1. The molecule has 1 aliphatic heterocycles. The third-order valence-corrected chi connectivity index (χ3v) is 8.42. The molecule has 1 saturated heterocycles. The number of ether oxygens (including phenoxy) is 2. The highest BCUT2D eigenvalue weighted by Crippen LogP contribution is 2.59. The van der Waals surface area contributed by atoms with Crippen LogP contribution in [-0.4, -0.2) is 65.4 Å². The number of pyridine rings is 1. The molecular weight excluding hydrogens is 482 g/mol. The van der Waals surface area contributed by atoms with Crippen molar-refractivity contribution >= 4 is 11.7 Å². The number of methoxy groups -OCH3 is 2. The molecule has 38 heavy (non-hydrogen) atoms. The monoisotopic (exact) mass is 525 g/mol. The topological polar surface area (TPSA) is 109 Å². The molecule has 208 valence electrons. The summed E-state index contributed by atoms with van der Waals surface area (Å²) in [5.74, 6) is 2.18. The number of hydrogen-bond acceptors (Lipinski definition) is 7. The van der Waals surface area contributed by atoms with Crippen molar-refractivity contribution in [3.05, 3.63) is 24.2 Å². The molecular formula is C29H43N5O4. The number of nitrogens with zero attached hydrogens (tertiary/aromatic N) is 3. The number of unbranched alkanes of at least 4 members (excludes halogenated alkanes) is 2. The average molecular weight is 526 g/mol. The molecule has 0 bridgehead atoms. The fraction of sp³-hybridized carbons (Fsp3) is 0.655. The summed E-state index contributed by atoms with van der Waals surface area (Å²) < 4.78 is 10.7. The number of hydrogen-bond donors (Lipinski definition) is 2. The van der Waals surface area contributed by atoms with E-state index in [1.54, 1.807) is 26.5 Å². The van der Waals surface area contributed by atoms with Gasteiger partial charge in [-0.1, -0.05) is 26.7 Å². The van der Waals surface area contributed by atoms with E-state index < -0.39 is 0 Å². The van der Waals surface area contributed by atoms with E-state index in [1.165, 1.54) is 0 Å². The van der Waals surface area contributed by atoms with Crippen molar-refractivity contribution in [3.8, 4) is 23.0 Å². The highest BCUT2D eigenvalue weighted by atomic mass is 16.5. The number of carbonyl (C=O) groups is 2. The van der Waals surface area contributed by atoms with Crippen molar-refractivity contribution in [1.29, 1.82) is 0 Å². The summed E-state index contributed by atoms with van der Waals surface area (Å²) in [5, 5.41) is 3.33. The van der Waals surface area contributed by atoms with Crippen molar-refractivity contribution in [3.63, 3.8) is 0 Å². The van der Waals surface area contributed by atoms with Gasteiger partial charge in [-0.2, -0.15) is 4.98 Å². The lowest BCUT2D eigenvalue weighted by molar-refractivity contribution is -0.124. The predicted octanol–water partition coefficient (Wildman–Crippen LogP) is 4.70. The summed E-state index contributed by atoms with van der Waals surface area (Å²) in [4.78, 5) is 40.0. The van der Waals surface area contributed by atoms with E-state index in [2.05, 4.69) is 32.1 Å². The zero-order valence-electron chi connectivity index (χ0n) is 23.3. The van der Waals surface area contributed by atoms with Gasteiger partial charge in [0.2, 0.25) is 17.7 Å². The number of imidazole rings is 1. The van der Waals surface area contributed by atoms with Gasteiger partial charge >= 0.3 is 0 Å². The minimum absolute atomic E-state index is 0.0893. The van der Waals surface area contributed by atoms with Crippen LogP contribution in [0, 0.1) is 11.3 Å². The van der Waals surface area contributed by atoms with Crippen LogP contribution in [0.15, 0.2) is 18.3 Å². The first-order chi connectivity index (χ1) is 18.4. The Hall–Kier alpha value is -2.94. The number of likely N-dealkylation sites (tertiary alicyclic amines) is 1. The third kappa shape index (κ3) is 6.54. The van der Waals surface area contributed by atoms with E-state index in [1.807, 2.05) is 13.0 Å². The molecule has 1 aliphatic carbocycles. The van der Waals surface area contributed by atoms with Crippen LogP contribution in [0.25, 0.3) is 11.3 Å². The van der Waals surface area contributed by atoms with Crippen LogP contribution in [0.3, 0.4) is 0 Å². The molecule has 1 spiro atoms. The van der Waals surface area contributed by atoms with Crippen LogP contribution < -0.4 is 14.8 Å². The van der Waals surface area contributed by atoms with E-state index in [0.29, 0.717) is 30.4 Å². The molecule has 0 radical (unpaired) electrons. The zero-order chi connectivity index (χ0) is 27.1. The number of nitrogens with one attached hydrogen (secondary N) is 2. The standard InChI is InChI=1S/C29H43N5O4/c1-5-20(35)10-8-7-9-11-23(32-27(36)22-18-29(22)14-16-34(6-2)17-15-29)26-30-19-24(31-26)21-12-13-25(37-3)33-28(21)38-4/h12-13,19,22-23H,5-11,14-18H2,1-4H3,(H,30,31)(H,32,36)/t22-,23+/m1/s1. The highest BCUT2D eigenvalue weighted by molar-refractivity contribution is 5.83. The van der Waals surface area contributed by atoms with Crippen molar-refractivity contribution in [2.24, 2.45) is 11.3 Å². The van der Waals surface area contributed by atoms with E-state index >= 15 is 0 Å². The van der Waals surface area contributed by atoms with Crippen LogP contribution >= 0.6 is 0 Å². The first-order valence-electron chi connectivity index (χ1n) is 14.1. The maximum absolute atomic E-state index is 13.4. The van der Waals surface area contributed by atoms with Crippen LogP contribution in [0.1, 0.15) is 83.5 Å². The first kappa shape index (κ1) is 28.1. The molecule has 2 aliphatic rings. The summed E-state index contributed by atoms with van der Waals surface area (Å²) in [6.07, 6.45) is 9.67. The molecule has 2 N–H and O–H groups in total. The largest absolute Gasteiger partial charge is 0.481 e. The van der Waals surface area contributed by atoms with Crippen LogP contribution in [-0.2, 0) is 9.59 Å². The Kier molecular flexibility index (Phi) is 9.41. The fourth-order valence-corrected chi connectivity index (χ4v) is 5.71. The summed E-state index contributed by atoms with van der Waals surface area (Å²) >= 11 is 0. The summed E-state index contributed by atoms with van der Waals surface area (Å²) in [7, 11) is 3.14. The molecule has 1 saturated carbocycles. The molecule has 1 amide bonds. The van der Waals surface area contributed by atoms with E-state index in [4.69, 9.17) is 9.47 Å². The number of amides is 1. The Balaban J connectivity index is 1.45. The van der Waals surface area contributed by atoms with Crippen molar-refractivity contribution in [2.75, 3.05) is 33.9 Å². The SMILES string of the molecule is CCC(=O)CCCCC[C@H](NC(=O)[C@H]1CC12CCN(CC)CC2)c1ncc(-c2ccc(OC)nc2OC)[nH]1. The van der Waals surface area contributed by atoms with Gasteiger partial charge in [-0.05, 0) is 63.2 Å². The molecule has 2 aromatic heterocycles. The first-order valence-corrected chi connectivity index (χ1v) is 14.1. The van der Waals surface area contributed by atoms with Gasteiger partial charge in [0.1, 0.15) is 11.6 Å². The lowest BCUT2D eigenvalue weighted by Crippen LogP contribution is -2.37. The van der Waals surface area contributed by atoms with Gasteiger partial charge in [-0.15, -0.1) is 0 Å². The molecule has 0 aromatic carbocycles. The minimum Gasteiger partial charge on any atom is -0.481 e. The van der Waals surface area contributed by atoms with Gasteiger partial charge in [0, 0.05) is 24.8 Å². The minimum atomic E-state index is -0.219. The molecule has 9 heteroatoms. The molecule has 3 heterocycles. The highest BCUT2D eigenvalue weighted by Gasteiger charge is 2.58. The van der Waals surface area contributed by atoms with E-state index in [-0.39, 0.29) is 23.3 Å². The van der Waals surface area contributed by atoms with Crippen LogP contribution in [0.5, 0.6) is 11.8 Å². The Morgan fingerprint density at radius 2 is 1.95 bits per heavy atom. The number of ketones is 1. The normalized spacial score (nSPS) is 19.2. The number of aromatic amines is 1. The number of piperidine rings is 1. The number of aromatic nitrogens is 3. The molecule has 9 nitrogen and oxygen atoms in total. The lowest BCUT2D eigenvalue weighted by Gasteiger charge is -2.32. The van der Waals surface area contributed by atoms with Crippen molar-refractivity contribution in [2.45, 2.75) is 77.7 Å². The second-order valence-electron chi connectivity index (χ2n) is 10.7. The van der Waals surface area contributed by atoms with E-state index in [0.717, 1.165) is 81.7 Å². The van der Waals surface area contributed by atoms with Gasteiger partial charge < -0.3 is 24.7 Å². The molecule has 2 atom stereocenters.